The molecule has 0 unspecified atom stereocenters. The fourth-order valence-electron chi connectivity index (χ4n) is 2.57. The van der Waals surface area contributed by atoms with Crippen LogP contribution in [0.5, 0.6) is 0 Å². The summed E-state index contributed by atoms with van der Waals surface area (Å²) < 4.78 is 14.8. The fourth-order valence-corrected chi connectivity index (χ4v) is 2.57. The number of aromatic nitrogens is 5. The Bertz CT molecular complexity index is 1040. The number of hydrogen-bond acceptors (Lipinski definition) is 5. The van der Waals surface area contributed by atoms with E-state index in [0.717, 1.165) is 16.9 Å². The molecule has 4 rings (SSSR count). The molecule has 1 aromatic carbocycles. The van der Waals surface area contributed by atoms with Crippen LogP contribution in [-0.4, -0.2) is 24.6 Å². The smallest absolute Gasteiger partial charge is 0.254 e. The van der Waals surface area contributed by atoms with Gasteiger partial charge in [-0.05, 0) is 42.3 Å². The molecule has 6 nitrogen and oxygen atoms in total. The lowest BCUT2D eigenvalue weighted by molar-refractivity contribution is 0.628. The van der Waals surface area contributed by atoms with E-state index in [0.29, 0.717) is 17.4 Å². The molecule has 0 saturated carbocycles. The van der Waals surface area contributed by atoms with Gasteiger partial charge in [0.1, 0.15) is 11.6 Å². The van der Waals surface area contributed by atoms with Crippen LogP contribution in [0.2, 0.25) is 0 Å². The summed E-state index contributed by atoms with van der Waals surface area (Å²) in [6.45, 7) is 4.14. The van der Waals surface area contributed by atoms with Crippen molar-refractivity contribution in [3.63, 3.8) is 0 Å². The van der Waals surface area contributed by atoms with Gasteiger partial charge in [0.25, 0.3) is 5.78 Å². The summed E-state index contributed by atoms with van der Waals surface area (Å²) in [6.07, 6.45) is 3.42. The lowest BCUT2D eigenvalue weighted by Gasteiger charge is -2.11. The van der Waals surface area contributed by atoms with Crippen molar-refractivity contribution in [1.82, 2.24) is 24.6 Å². The highest BCUT2D eigenvalue weighted by Crippen LogP contribution is 2.24. The zero-order chi connectivity index (χ0) is 18.1. The molecular weight excluding hydrogens is 331 g/mol. The minimum atomic E-state index is -0.280. The second-order valence-electron chi connectivity index (χ2n) is 6.24. The molecule has 0 aliphatic rings. The standard InChI is InChI=1S/C19H17FN6/c1-12(2)16-10-17(22-15-7-5-14(20)6-8-15)26-19(23-16)24-18(25-26)13-4-3-9-21-11-13/h3-12,22H,1-2H3. The maximum absolute atomic E-state index is 13.2. The van der Waals surface area contributed by atoms with E-state index in [1.165, 1.54) is 12.1 Å². The number of hydrogen-bond donors (Lipinski definition) is 1. The third-order valence-corrected chi connectivity index (χ3v) is 3.96. The van der Waals surface area contributed by atoms with E-state index in [1.54, 1.807) is 29.0 Å². The number of pyridine rings is 1. The van der Waals surface area contributed by atoms with E-state index in [9.17, 15) is 4.39 Å². The third-order valence-electron chi connectivity index (χ3n) is 3.96. The summed E-state index contributed by atoms with van der Waals surface area (Å²) in [5.41, 5.74) is 2.47. The van der Waals surface area contributed by atoms with Crippen LogP contribution in [0.25, 0.3) is 17.2 Å². The molecule has 3 heterocycles. The Morgan fingerprint density at radius 2 is 1.88 bits per heavy atom. The van der Waals surface area contributed by atoms with Gasteiger partial charge in [-0.1, -0.05) is 13.8 Å². The topological polar surface area (TPSA) is 68.0 Å². The lowest BCUT2D eigenvalue weighted by Crippen LogP contribution is -2.05. The quantitative estimate of drug-likeness (QED) is 0.599. The van der Waals surface area contributed by atoms with E-state index in [1.807, 2.05) is 18.2 Å². The molecule has 0 aliphatic heterocycles. The summed E-state index contributed by atoms with van der Waals surface area (Å²) in [4.78, 5) is 13.3. The number of nitrogens with zero attached hydrogens (tertiary/aromatic N) is 5. The van der Waals surface area contributed by atoms with Crippen molar-refractivity contribution in [1.29, 1.82) is 0 Å². The molecular formula is C19H17FN6. The van der Waals surface area contributed by atoms with Crippen molar-refractivity contribution >= 4 is 17.3 Å². The van der Waals surface area contributed by atoms with Gasteiger partial charge in [0.05, 0.1) is 5.69 Å². The molecule has 0 fully saturated rings. The lowest BCUT2D eigenvalue weighted by atomic mass is 10.1. The van der Waals surface area contributed by atoms with Gasteiger partial charge in [0.15, 0.2) is 5.82 Å². The molecule has 7 heteroatoms. The second kappa shape index (κ2) is 6.51. The Hall–Kier alpha value is -3.35. The van der Waals surface area contributed by atoms with Gasteiger partial charge in [-0.25, -0.2) is 9.37 Å². The molecule has 1 N–H and O–H groups in total. The zero-order valence-electron chi connectivity index (χ0n) is 14.4. The highest BCUT2D eigenvalue weighted by Gasteiger charge is 2.14. The summed E-state index contributed by atoms with van der Waals surface area (Å²) in [7, 11) is 0. The molecule has 0 radical (unpaired) electrons. The van der Waals surface area contributed by atoms with Crippen LogP contribution >= 0.6 is 0 Å². The molecule has 3 aromatic heterocycles. The van der Waals surface area contributed by atoms with Crippen LogP contribution < -0.4 is 5.32 Å². The monoisotopic (exact) mass is 348 g/mol. The second-order valence-corrected chi connectivity index (χ2v) is 6.24. The number of benzene rings is 1. The Labute approximate surface area is 149 Å². The molecule has 26 heavy (non-hydrogen) atoms. The van der Waals surface area contributed by atoms with Crippen LogP contribution in [0, 0.1) is 5.82 Å². The van der Waals surface area contributed by atoms with Crippen molar-refractivity contribution in [2.45, 2.75) is 19.8 Å². The largest absolute Gasteiger partial charge is 0.340 e. The van der Waals surface area contributed by atoms with Gasteiger partial charge < -0.3 is 5.32 Å². The minimum absolute atomic E-state index is 0.229. The van der Waals surface area contributed by atoms with Crippen LogP contribution in [0.4, 0.5) is 15.9 Å². The minimum Gasteiger partial charge on any atom is -0.340 e. The van der Waals surface area contributed by atoms with Crippen LogP contribution in [0.1, 0.15) is 25.5 Å². The number of halogens is 1. The molecule has 0 aliphatic carbocycles. The van der Waals surface area contributed by atoms with Crippen molar-refractivity contribution < 1.29 is 4.39 Å². The number of nitrogens with one attached hydrogen (secondary N) is 1. The Morgan fingerprint density at radius 3 is 2.58 bits per heavy atom. The van der Waals surface area contributed by atoms with Crippen molar-refractivity contribution in [3.8, 4) is 11.4 Å². The molecule has 0 amide bonds. The summed E-state index contributed by atoms with van der Waals surface area (Å²) in [6, 6.07) is 11.8. The van der Waals surface area contributed by atoms with E-state index in [2.05, 4.69) is 39.2 Å². The van der Waals surface area contributed by atoms with Gasteiger partial charge in [-0.2, -0.15) is 9.50 Å². The van der Waals surface area contributed by atoms with Gasteiger partial charge in [0, 0.05) is 29.7 Å². The molecule has 0 spiro atoms. The molecule has 0 atom stereocenters. The van der Waals surface area contributed by atoms with Crippen molar-refractivity contribution in [2.75, 3.05) is 5.32 Å². The molecule has 0 saturated heterocycles. The van der Waals surface area contributed by atoms with E-state index >= 15 is 0 Å². The normalized spacial score (nSPS) is 11.2. The van der Waals surface area contributed by atoms with Crippen molar-refractivity contribution in [2.24, 2.45) is 0 Å². The Morgan fingerprint density at radius 1 is 1.08 bits per heavy atom. The Balaban J connectivity index is 1.83. The van der Waals surface area contributed by atoms with E-state index < -0.39 is 0 Å². The average molecular weight is 348 g/mol. The van der Waals surface area contributed by atoms with Crippen LogP contribution in [-0.2, 0) is 0 Å². The average Bonchev–Trinajstić information content (AvgIpc) is 3.09. The van der Waals surface area contributed by atoms with Gasteiger partial charge in [-0.15, -0.1) is 5.10 Å². The molecule has 0 bridgehead atoms. The maximum Gasteiger partial charge on any atom is 0.254 e. The first kappa shape index (κ1) is 16.1. The summed E-state index contributed by atoms with van der Waals surface area (Å²) in [5, 5.41) is 7.84. The zero-order valence-corrected chi connectivity index (χ0v) is 14.4. The highest BCUT2D eigenvalue weighted by atomic mass is 19.1. The Kier molecular flexibility index (Phi) is 4.04. The number of rotatable bonds is 4. The van der Waals surface area contributed by atoms with Gasteiger partial charge >= 0.3 is 0 Å². The number of fused-ring (bicyclic) bond motifs is 1. The predicted octanol–water partition coefficient (Wildman–Crippen LogP) is 4.19. The fraction of sp³-hybridized carbons (Fsp3) is 0.158. The van der Waals surface area contributed by atoms with Crippen molar-refractivity contribution in [3.05, 3.63) is 66.4 Å². The first-order valence-corrected chi connectivity index (χ1v) is 8.31. The summed E-state index contributed by atoms with van der Waals surface area (Å²) in [5.74, 6) is 1.71. The first-order chi connectivity index (χ1) is 12.6. The molecule has 130 valence electrons. The van der Waals surface area contributed by atoms with E-state index in [-0.39, 0.29) is 11.7 Å². The van der Waals surface area contributed by atoms with Gasteiger partial charge in [-0.3, -0.25) is 4.98 Å². The summed E-state index contributed by atoms with van der Waals surface area (Å²) >= 11 is 0. The molecule has 4 aromatic rings. The number of anilines is 2. The van der Waals surface area contributed by atoms with Crippen LogP contribution in [0.3, 0.4) is 0 Å². The van der Waals surface area contributed by atoms with E-state index in [4.69, 9.17) is 0 Å². The van der Waals surface area contributed by atoms with Gasteiger partial charge in [0.2, 0.25) is 0 Å². The maximum atomic E-state index is 13.2. The first-order valence-electron chi connectivity index (χ1n) is 8.31. The predicted molar refractivity (Wildman–Crippen MR) is 97.8 cm³/mol. The third kappa shape index (κ3) is 3.11. The highest BCUT2D eigenvalue weighted by molar-refractivity contribution is 5.61. The SMILES string of the molecule is CC(C)c1cc(Nc2ccc(F)cc2)n2nc(-c3cccnc3)nc2n1. The van der Waals surface area contributed by atoms with Crippen LogP contribution in [0.15, 0.2) is 54.9 Å².